The quantitative estimate of drug-likeness (QED) is 0.672. The molecule has 0 amide bonds. The number of fused-ring (bicyclic) bond motifs is 2. The molecule has 0 saturated carbocycles. The van der Waals surface area contributed by atoms with Gasteiger partial charge in [-0.2, -0.15) is 0 Å². The molecular weight excluding hydrogens is 298 g/mol. The molecule has 7 nitrogen and oxygen atoms in total. The van der Waals surface area contributed by atoms with Gasteiger partial charge >= 0.3 is 0 Å². The van der Waals surface area contributed by atoms with Crippen molar-refractivity contribution in [3.63, 3.8) is 0 Å². The van der Waals surface area contributed by atoms with E-state index in [4.69, 9.17) is 18.9 Å². The Morgan fingerprint density at radius 2 is 2.04 bits per heavy atom. The van der Waals surface area contributed by atoms with Crippen molar-refractivity contribution in [3.8, 4) is 28.6 Å². The topological polar surface area (TPSA) is 67.1 Å². The second kappa shape index (κ2) is 5.77. The van der Waals surface area contributed by atoms with Crippen molar-refractivity contribution >= 4 is 5.65 Å². The maximum absolute atomic E-state index is 5.51. The fraction of sp³-hybridized carbons (Fsp3) is 0.250. The van der Waals surface area contributed by atoms with Crippen molar-refractivity contribution in [3.05, 3.63) is 36.5 Å². The third-order valence-corrected chi connectivity index (χ3v) is 3.50. The summed E-state index contributed by atoms with van der Waals surface area (Å²) in [4.78, 5) is 4.57. The zero-order valence-electron chi connectivity index (χ0n) is 12.6. The first-order valence-corrected chi connectivity index (χ1v) is 7.22. The molecule has 3 aromatic rings. The number of aromatic nitrogens is 3. The van der Waals surface area contributed by atoms with E-state index in [1.54, 1.807) is 17.7 Å². The van der Waals surface area contributed by atoms with E-state index in [0.717, 1.165) is 28.4 Å². The van der Waals surface area contributed by atoms with Crippen LogP contribution < -0.4 is 14.2 Å². The van der Waals surface area contributed by atoms with Crippen molar-refractivity contribution < 1.29 is 18.9 Å². The molecule has 0 saturated heterocycles. The summed E-state index contributed by atoms with van der Waals surface area (Å²) in [6.07, 6.45) is 1.86. The Labute approximate surface area is 132 Å². The summed E-state index contributed by atoms with van der Waals surface area (Å²) >= 11 is 0. The van der Waals surface area contributed by atoms with Gasteiger partial charge in [-0.3, -0.25) is 0 Å². The summed E-state index contributed by atoms with van der Waals surface area (Å²) in [5, 5.41) is 4.39. The minimum Gasteiger partial charge on any atom is -0.474 e. The predicted molar refractivity (Wildman–Crippen MR) is 81.9 cm³/mol. The minimum atomic E-state index is 0.258. The molecule has 23 heavy (non-hydrogen) atoms. The summed E-state index contributed by atoms with van der Waals surface area (Å²) < 4.78 is 22.9. The van der Waals surface area contributed by atoms with E-state index in [0.29, 0.717) is 19.1 Å². The molecule has 0 unspecified atom stereocenters. The minimum absolute atomic E-state index is 0.258. The summed E-state index contributed by atoms with van der Waals surface area (Å²) in [7, 11) is 1.63. The predicted octanol–water partition coefficient (Wildman–Crippen LogP) is 2.15. The third kappa shape index (κ3) is 2.66. The van der Waals surface area contributed by atoms with E-state index in [9.17, 15) is 0 Å². The average molecular weight is 313 g/mol. The highest BCUT2D eigenvalue weighted by atomic mass is 16.7. The van der Waals surface area contributed by atoms with Crippen LogP contribution in [-0.2, 0) is 4.74 Å². The second-order valence-electron chi connectivity index (χ2n) is 5.01. The molecule has 0 fully saturated rings. The number of rotatable bonds is 5. The molecule has 0 atom stereocenters. The SMILES string of the molecule is COCCOc1ccc2nc(-c3ccc4c(c3)OCO4)cn2n1. The Morgan fingerprint density at radius 1 is 1.13 bits per heavy atom. The van der Waals surface area contributed by atoms with E-state index >= 15 is 0 Å². The van der Waals surface area contributed by atoms with Crippen LogP contribution in [0.5, 0.6) is 17.4 Å². The largest absolute Gasteiger partial charge is 0.474 e. The lowest BCUT2D eigenvalue weighted by Gasteiger charge is -2.03. The number of methoxy groups -OCH3 is 1. The third-order valence-electron chi connectivity index (χ3n) is 3.50. The molecule has 0 spiro atoms. The van der Waals surface area contributed by atoms with Crippen molar-refractivity contribution in [2.75, 3.05) is 27.1 Å². The van der Waals surface area contributed by atoms with Crippen LogP contribution in [0.2, 0.25) is 0 Å². The van der Waals surface area contributed by atoms with E-state index in [2.05, 4.69) is 10.1 Å². The summed E-state index contributed by atoms with van der Waals surface area (Å²) in [5.41, 5.74) is 2.50. The van der Waals surface area contributed by atoms with Gasteiger partial charge in [0.05, 0.1) is 18.5 Å². The fourth-order valence-electron chi connectivity index (χ4n) is 2.37. The maximum Gasteiger partial charge on any atom is 0.231 e. The molecule has 3 heterocycles. The van der Waals surface area contributed by atoms with Gasteiger partial charge in [0.25, 0.3) is 0 Å². The molecule has 1 aliphatic rings. The van der Waals surface area contributed by atoms with Gasteiger partial charge in [0, 0.05) is 18.7 Å². The van der Waals surface area contributed by atoms with Gasteiger partial charge in [-0.15, -0.1) is 5.10 Å². The molecule has 1 aromatic carbocycles. The molecule has 1 aliphatic heterocycles. The van der Waals surface area contributed by atoms with Crippen molar-refractivity contribution in [2.45, 2.75) is 0 Å². The van der Waals surface area contributed by atoms with Crippen molar-refractivity contribution in [2.24, 2.45) is 0 Å². The molecule has 0 aliphatic carbocycles. The van der Waals surface area contributed by atoms with E-state index < -0.39 is 0 Å². The van der Waals surface area contributed by atoms with Gasteiger partial charge in [0.2, 0.25) is 12.7 Å². The summed E-state index contributed by atoms with van der Waals surface area (Å²) in [5.74, 6) is 2.02. The van der Waals surface area contributed by atoms with Gasteiger partial charge in [-0.1, -0.05) is 0 Å². The van der Waals surface area contributed by atoms with Crippen molar-refractivity contribution in [1.82, 2.24) is 14.6 Å². The first-order valence-electron chi connectivity index (χ1n) is 7.22. The van der Waals surface area contributed by atoms with Gasteiger partial charge < -0.3 is 18.9 Å². The van der Waals surface area contributed by atoms with E-state index in [-0.39, 0.29) is 6.79 Å². The Morgan fingerprint density at radius 3 is 2.96 bits per heavy atom. The maximum atomic E-state index is 5.51. The zero-order chi connectivity index (χ0) is 15.6. The summed E-state index contributed by atoms with van der Waals surface area (Å²) in [6.45, 7) is 1.23. The number of benzene rings is 1. The second-order valence-corrected chi connectivity index (χ2v) is 5.01. The van der Waals surface area contributed by atoms with Crippen LogP contribution in [0.4, 0.5) is 0 Å². The van der Waals surface area contributed by atoms with Crippen LogP contribution in [-0.4, -0.2) is 41.7 Å². The lowest BCUT2D eigenvalue weighted by Crippen LogP contribution is -2.06. The first kappa shape index (κ1) is 13.8. The van der Waals surface area contributed by atoms with Crippen LogP contribution in [0.1, 0.15) is 0 Å². The van der Waals surface area contributed by atoms with Gasteiger partial charge in [0.1, 0.15) is 6.61 Å². The van der Waals surface area contributed by atoms with Gasteiger partial charge in [0.15, 0.2) is 17.1 Å². The summed E-state index contributed by atoms with van der Waals surface area (Å²) in [6, 6.07) is 9.41. The number of ether oxygens (including phenoxy) is 4. The Hall–Kier alpha value is -2.80. The van der Waals surface area contributed by atoms with Crippen LogP contribution in [0.25, 0.3) is 16.9 Å². The van der Waals surface area contributed by atoms with Crippen LogP contribution in [0, 0.1) is 0 Å². The standard InChI is InChI=1S/C16H15N3O4/c1-20-6-7-21-16-5-4-15-17-12(9-19(15)18-16)11-2-3-13-14(8-11)23-10-22-13/h2-5,8-9H,6-7,10H2,1H3. The molecule has 0 N–H and O–H groups in total. The number of hydrogen-bond acceptors (Lipinski definition) is 6. The Kier molecular flexibility index (Phi) is 3.47. The molecule has 4 rings (SSSR count). The number of imidazole rings is 1. The zero-order valence-corrected chi connectivity index (χ0v) is 12.6. The lowest BCUT2D eigenvalue weighted by molar-refractivity contribution is 0.143. The van der Waals surface area contributed by atoms with Crippen molar-refractivity contribution in [1.29, 1.82) is 0 Å². The monoisotopic (exact) mass is 313 g/mol. The lowest BCUT2D eigenvalue weighted by atomic mass is 10.1. The molecule has 0 radical (unpaired) electrons. The molecular formula is C16H15N3O4. The van der Waals surface area contributed by atoms with E-state index in [1.165, 1.54) is 0 Å². The van der Waals surface area contributed by atoms with Crippen LogP contribution >= 0.6 is 0 Å². The highest BCUT2D eigenvalue weighted by Gasteiger charge is 2.15. The number of nitrogens with zero attached hydrogens (tertiary/aromatic N) is 3. The van der Waals surface area contributed by atoms with Crippen LogP contribution in [0.15, 0.2) is 36.5 Å². The highest BCUT2D eigenvalue weighted by molar-refractivity contribution is 5.66. The Balaban J connectivity index is 1.63. The molecule has 118 valence electrons. The van der Waals surface area contributed by atoms with Crippen LogP contribution in [0.3, 0.4) is 0 Å². The van der Waals surface area contributed by atoms with E-state index in [1.807, 2.05) is 30.5 Å². The highest BCUT2D eigenvalue weighted by Crippen LogP contribution is 2.35. The molecule has 2 aromatic heterocycles. The average Bonchev–Trinajstić information content (AvgIpc) is 3.20. The smallest absolute Gasteiger partial charge is 0.231 e. The fourth-order valence-corrected chi connectivity index (χ4v) is 2.37. The number of hydrogen-bond donors (Lipinski definition) is 0. The normalized spacial score (nSPS) is 12.7. The van der Waals surface area contributed by atoms with Gasteiger partial charge in [-0.05, 0) is 24.3 Å². The first-order chi connectivity index (χ1) is 11.3. The molecule has 7 heteroatoms. The van der Waals surface area contributed by atoms with Gasteiger partial charge in [-0.25, -0.2) is 9.50 Å². The Bertz CT molecular complexity index is 846. The molecule has 0 bridgehead atoms.